The predicted octanol–water partition coefficient (Wildman–Crippen LogP) is 5.23. The van der Waals surface area contributed by atoms with Crippen molar-refractivity contribution in [3.8, 4) is 11.3 Å². The van der Waals surface area contributed by atoms with Gasteiger partial charge in [-0.2, -0.15) is 0 Å². The van der Waals surface area contributed by atoms with Crippen LogP contribution in [-0.2, 0) is 0 Å². The van der Waals surface area contributed by atoms with Crippen LogP contribution < -0.4 is 5.32 Å². The number of benzene rings is 1. The van der Waals surface area contributed by atoms with E-state index >= 15 is 0 Å². The second-order valence-corrected chi connectivity index (χ2v) is 8.89. The minimum atomic E-state index is -0.0764. The number of furan rings is 1. The van der Waals surface area contributed by atoms with E-state index in [1.807, 2.05) is 61.7 Å². The molecule has 31 heavy (non-hydrogen) atoms. The molecular weight excluding hydrogens is 428 g/mol. The number of rotatable bonds is 7. The molecular formula is C24H27ClN4OS. The van der Waals surface area contributed by atoms with Crippen molar-refractivity contribution in [1.29, 1.82) is 0 Å². The fourth-order valence-corrected chi connectivity index (χ4v) is 4.55. The van der Waals surface area contributed by atoms with Gasteiger partial charge in [0.2, 0.25) is 0 Å². The van der Waals surface area contributed by atoms with Gasteiger partial charge >= 0.3 is 0 Å². The quantitative estimate of drug-likeness (QED) is 0.493. The van der Waals surface area contributed by atoms with Gasteiger partial charge in [0.15, 0.2) is 5.11 Å². The first-order valence-corrected chi connectivity index (χ1v) is 11.2. The summed E-state index contributed by atoms with van der Waals surface area (Å²) in [4.78, 5) is 9.00. The van der Waals surface area contributed by atoms with Crippen LogP contribution in [0, 0.1) is 6.92 Å². The number of thiocarbonyl (C=S) groups is 1. The molecule has 162 valence electrons. The largest absolute Gasteiger partial charge is 0.459 e. The first kappa shape index (κ1) is 21.8. The Kier molecular flexibility index (Phi) is 6.60. The van der Waals surface area contributed by atoms with Crippen LogP contribution in [0.4, 0.5) is 0 Å². The molecule has 0 saturated carbocycles. The number of hydrogen-bond acceptors (Lipinski definition) is 4. The van der Waals surface area contributed by atoms with Crippen molar-refractivity contribution in [2.24, 2.45) is 0 Å². The van der Waals surface area contributed by atoms with E-state index in [1.54, 1.807) is 0 Å². The van der Waals surface area contributed by atoms with Crippen LogP contribution in [0.25, 0.3) is 11.3 Å². The summed E-state index contributed by atoms with van der Waals surface area (Å²) in [6, 6.07) is 15.7. The molecule has 1 N–H and O–H groups in total. The maximum Gasteiger partial charge on any atom is 0.170 e. The van der Waals surface area contributed by atoms with E-state index in [9.17, 15) is 0 Å². The smallest absolute Gasteiger partial charge is 0.170 e. The average molecular weight is 455 g/mol. The Balaban J connectivity index is 1.69. The van der Waals surface area contributed by atoms with Gasteiger partial charge in [0.1, 0.15) is 17.6 Å². The second kappa shape index (κ2) is 9.39. The van der Waals surface area contributed by atoms with Crippen molar-refractivity contribution >= 4 is 28.9 Å². The molecule has 0 unspecified atom stereocenters. The third kappa shape index (κ3) is 4.61. The summed E-state index contributed by atoms with van der Waals surface area (Å²) in [6.07, 6.45) is 2.82. The van der Waals surface area contributed by atoms with Gasteiger partial charge < -0.3 is 19.5 Å². The molecule has 1 aliphatic heterocycles. The van der Waals surface area contributed by atoms with E-state index in [0.29, 0.717) is 0 Å². The highest BCUT2D eigenvalue weighted by Crippen LogP contribution is 2.41. The zero-order valence-corrected chi connectivity index (χ0v) is 19.6. The molecule has 3 aromatic rings. The van der Waals surface area contributed by atoms with E-state index in [-0.39, 0.29) is 12.1 Å². The van der Waals surface area contributed by atoms with Crippen LogP contribution in [-0.4, -0.2) is 47.1 Å². The van der Waals surface area contributed by atoms with Gasteiger partial charge in [-0.15, -0.1) is 0 Å². The van der Waals surface area contributed by atoms with Crippen LogP contribution in [0.5, 0.6) is 0 Å². The Bertz CT molecular complexity index is 1050. The summed E-state index contributed by atoms with van der Waals surface area (Å²) in [5.74, 6) is 1.67. The summed E-state index contributed by atoms with van der Waals surface area (Å²) in [5, 5.41) is 4.94. The highest BCUT2D eigenvalue weighted by Gasteiger charge is 2.41. The van der Waals surface area contributed by atoms with Crippen LogP contribution >= 0.6 is 23.8 Å². The Morgan fingerprint density at radius 1 is 1.16 bits per heavy atom. The number of aromatic nitrogens is 1. The number of nitrogens with zero attached hydrogens (tertiary/aromatic N) is 3. The maximum absolute atomic E-state index is 6.41. The van der Waals surface area contributed by atoms with Crippen LogP contribution in [0.1, 0.15) is 35.5 Å². The molecule has 1 fully saturated rings. The molecule has 1 aromatic carbocycles. The molecule has 1 aliphatic rings. The van der Waals surface area contributed by atoms with Gasteiger partial charge in [-0.25, -0.2) is 0 Å². The highest BCUT2D eigenvalue weighted by atomic mass is 35.5. The van der Waals surface area contributed by atoms with Crippen molar-refractivity contribution < 1.29 is 4.42 Å². The third-order valence-electron chi connectivity index (χ3n) is 5.65. The summed E-state index contributed by atoms with van der Waals surface area (Å²) >= 11 is 12.1. The number of nitrogens with one attached hydrogen (secondary N) is 1. The fourth-order valence-electron chi connectivity index (χ4n) is 4.04. The van der Waals surface area contributed by atoms with Gasteiger partial charge in [0.05, 0.1) is 11.7 Å². The van der Waals surface area contributed by atoms with Crippen molar-refractivity contribution in [2.45, 2.75) is 25.4 Å². The Hall–Kier alpha value is -2.41. The lowest BCUT2D eigenvalue weighted by molar-refractivity contribution is 0.261. The van der Waals surface area contributed by atoms with E-state index < -0.39 is 0 Å². The van der Waals surface area contributed by atoms with Crippen molar-refractivity contribution in [3.05, 3.63) is 76.8 Å². The summed E-state index contributed by atoms with van der Waals surface area (Å²) < 4.78 is 6.41. The van der Waals surface area contributed by atoms with Crippen molar-refractivity contribution in [3.63, 3.8) is 0 Å². The Labute approximate surface area is 194 Å². The molecule has 1 saturated heterocycles. The lowest BCUT2D eigenvalue weighted by Gasteiger charge is -2.26. The van der Waals surface area contributed by atoms with Gasteiger partial charge in [-0.3, -0.25) is 4.98 Å². The predicted molar refractivity (Wildman–Crippen MR) is 129 cm³/mol. The van der Waals surface area contributed by atoms with Gasteiger partial charge in [0.25, 0.3) is 0 Å². The molecule has 0 spiro atoms. The lowest BCUT2D eigenvalue weighted by Crippen LogP contribution is -2.32. The molecule has 0 bridgehead atoms. The molecule has 5 nitrogen and oxygen atoms in total. The molecule has 2 aromatic heterocycles. The Morgan fingerprint density at radius 2 is 2.00 bits per heavy atom. The van der Waals surface area contributed by atoms with Gasteiger partial charge in [-0.1, -0.05) is 29.8 Å². The summed E-state index contributed by atoms with van der Waals surface area (Å²) in [5.41, 5.74) is 2.96. The molecule has 0 amide bonds. The molecule has 7 heteroatoms. The fraction of sp³-hybridized carbons (Fsp3) is 0.333. The standard InChI is InChI=1S/C24H27ClN4OS/c1-16-17(8-6-9-18(16)25)20-11-12-21(30-20)23-22(19-10-4-5-13-26-19)27-24(31)29(23)15-7-14-28(2)3/h4-6,8-13,22-23H,7,14-15H2,1-3H3,(H,27,31)/t22-,23-/m0/s1. The normalized spacial score (nSPS) is 18.6. The zero-order valence-electron chi connectivity index (χ0n) is 18.0. The SMILES string of the molecule is Cc1c(Cl)cccc1-c1ccc([C@H]2[C@H](c3ccccn3)NC(=S)N2CCCN(C)C)o1. The lowest BCUT2D eigenvalue weighted by atomic mass is 10.0. The van der Waals surface area contributed by atoms with E-state index in [2.05, 4.69) is 34.2 Å². The maximum atomic E-state index is 6.41. The van der Waals surface area contributed by atoms with E-state index in [1.165, 1.54) is 0 Å². The van der Waals surface area contributed by atoms with Gasteiger partial charge in [-0.05, 0) is 82.1 Å². The summed E-state index contributed by atoms with van der Waals surface area (Å²) in [7, 11) is 4.17. The van der Waals surface area contributed by atoms with Crippen molar-refractivity contribution in [2.75, 3.05) is 27.2 Å². The van der Waals surface area contributed by atoms with Crippen molar-refractivity contribution in [1.82, 2.24) is 20.1 Å². The van der Waals surface area contributed by atoms with Gasteiger partial charge in [0, 0.05) is 23.3 Å². The molecule has 3 heterocycles. The number of halogens is 1. The first-order chi connectivity index (χ1) is 15.0. The number of pyridine rings is 1. The van der Waals surface area contributed by atoms with Crippen LogP contribution in [0.3, 0.4) is 0 Å². The van der Waals surface area contributed by atoms with E-state index in [0.717, 1.165) is 58.0 Å². The topological polar surface area (TPSA) is 44.5 Å². The van der Waals surface area contributed by atoms with E-state index in [4.69, 9.17) is 28.2 Å². The highest BCUT2D eigenvalue weighted by molar-refractivity contribution is 7.80. The zero-order chi connectivity index (χ0) is 22.0. The molecule has 0 radical (unpaired) electrons. The molecule has 0 aliphatic carbocycles. The first-order valence-electron chi connectivity index (χ1n) is 10.4. The number of hydrogen-bond donors (Lipinski definition) is 1. The average Bonchev–Trinajstić information content (AvgIpc) is 3.35. The van der Waals surface area contributed by atoms with Crippen LogP contribution in [0.15, 0.2) is 59.1 Å². The minimum Gasteiger partial charge on any atom is -0.459 e. The monoisotopic (exact) mass is 454 g/mol. The molecule has 4 rings (SSSR count). The Morgan fingerprint density at radius 3 is 2.74 bits per heavy atom. The third-order valence-corrected chi connectivity index (χ3v) is 6.42. The van der Waals surface area contributed by atoms with Crippen LogP contribution in [0.2, 0.25) is 5.02 Å². The molecule has 2 atom stereocenters. The second-order valence-electron chi connectivity index (χ2n) is 8.09. The summed E-state index contributed by atoms with van der Waals surface area (Å²) in [6.45, 7) is 3.84. The minimum absolute atomic E-state index is 0.0715.